The predicted octanol–water partition coefficient (Wildman–Crippen LogP) is 3.97. The van der Waals surface area contributed by atoms with Crippen LogP contribution in [0.3, 0.4) is 0 Å². The van der Waals surface area contributed by atoms with Gasteiger partial charge < -0.3 is 19.7 Å². The summed E-state index contributed by atoms with van der Waals surface area (Å²) in [5.74, 6) is -2.47. The molecule has 16 heteroatoms. The van der Waals surface area contributed by atoms with Crippen molar-refractivity contribution < 1.29 is 41.2 Å². The first-order valence-electron chi connectivity index (χ1n) is 9.40. The molecule has 2 rings (SSSR count). The van der Waals surface area contributed by atoms with E-state index in [4.69, 9.17) is 20.2 Å². The number of alkyl halides is 6. The van der Waals surface area contributed by atoms with Crippen molar-refractivity contribution in [3.63, 3.8) is 0 Å². The molecule has 1 fully saturated rings. The van der Waals surface area contributed by atoms with Crippen molar-refractivity contribution in [1.29, 1.82) is 0 Å². The summed E-state index contributed by atoms with van der Waals surface area (Å²) < 4.78 is 59.4. The zero-order chi connectivity index (χ0) is 26.7. The highest BCUT2D eigenvalue weighted by atomic mass is 80.0. The lowest BCUT2D eigenvalue weighted by molar-refractivity contribution is -0.163. The zero-order valence-electron chi connectivity index (χ0n) is 17.6. The fraction of sp³-hybridized carbons (Fsp3) is 0.421. The summed E-state index contributed by atoms with van der Waals surface area (Å²) in [5.41, 5.74) is -0.684. The maximum absolute atomic E-state index is 12.8. The van der Waals surface area contributed by atoms with Crippen molar-refractivity contribution in [3.8, 4) is 5.75 Å². The molecule has 1 N–H and O–H groups in total. The zero-order valence-corrected chi connectivity index (χ0v) is 23.9. The summed E-state index contributed by atoms with van der Waals surface area (Å²) in [7, 11) is 3.54. The lowest BCUT2D eigenvalue weighted by Gasteiger charge is -2.48. The van der Waals surface area contributed by atoms with Crippen LogP contribution in [0.2, 0.25) is 0 Å². The van der Waals surface area contributed by atoms with Gasteiger partial charge in [0.1, 0.15) is 28.4 Å². The second-order valence-corrected chi connectivity index (χ2v) is 16.4. The molecule has 1 aliphatic rings. The first-order valence-corrected chi connectivity index (χ1v) is 13.8. The van der Waals surface area contributed by atoms with E-state index in [1.54, 1.807) is 0 Å². The van der Waals surface area contributed by atoms with Gasteiger partial charge in [0.2, 0.25) is 5.91 Å². The molecule has 35 heavy (non-hydrogen) atoms. The third-order valence-electron chi connectivity index (χ3n) is 4.48. The SMILES string of the molecule is C=C(C)C(C(=O)OCC(Br)(Br)Br)N1C(=O)C(NC(=O)COc2ccc(C(F)(F)F)cc2)C1S(=O)Cl. The number of ether oxygens (including phenoxy) is 2. The van der Waals surface area contributed by atoms with Crippen LogP contribution in [0.15, 0.2) is 36.4 Å². The number of likely N-dealkylation sites (tertiary alicyclic amines) is 1. The number of esters is 1. The maximum atomic E-state index is 12.8. The van der Waals surface area contributed by atoms with Crippen LogP contribution >= 0.6 is 58.5 Å². The molecule has 0 aliphatic carbocycles. The van der Waals surface area contributed by atoms with E-state index in [-0.39, 0.29) is 17.9 Å². The molecule has 0 aromatic heterocycles. The topological polar surface area (TPSA) is 102 Å². The summed E-state index contributed by atoms with van der Waals surface area (Å²) in [6.45, 7) is 4.30. The molecule has 0 bridgehead atoms. The molecule has 194 valence electrons. The highest BCUT2D eigenvalue weighted by Crippen LogP contribution is 2.35. The standard InChI is InChI=1S/C19H17Br3ClF3N2O6S/c1-9(2)14(17(31)34-8-18(20,21)22)28-15(30)13(16(28)35(23)32)27-12(29)7-33-11-5-3-10(4-6-11)19(24,25)26/h3-6,13-14,16H,1,7-8H2,2H3,(H,27,29). The first-order chi connectivity index (χ1) is 16.0. The van der Waals surface area contributed by atoms with Gasteiger partial charge in [-0.05, 0) is 47.4 Å². The molecule has 1 heterocycles. The number of nitrogens with zero attached hydrogens (tertiary/aromatic N) is 1. The molecule has 8 nitrogen and oxygen atoms in total. The number of halogens is 7. The highest BCUT2D eigenvalue weighted by molar-refractivity contribution is 9.39. The molecule has 1 aromatic carbocycles. The van der Waals surface area contributed by atoms with Gasteiger partial charge >= 0.3 is 12.1 Å². The Bertz CT molecular complexity index is 1020. The van der Waals surface area contributed by atoms with E-state index in [1.165, 1.54) is 6.92 Å². The fourth-order valence-corrected chi connectivity index (χ4v) is 4.69. The Morgan fingerprint density at radius 1 is 1.26 bits per heavy atom. The number of nitrogens with one attached hydrogen (secondary N) is 1. The molecule has 0 radical (unpaired) electrons. The van der Waals surface area contributed by atoms with Crippen LogP contribution < -0.4 is 10.1 Å². The Kier molecular flexibility index (Phi) is 10.2. The number of β-lactam (4-membered cyclic amide) rings is 1. The first kappa shape index (κ1) is 30.1. The van der Waals surface area contributed by atoms with Crippen LogP contribution in [0.5, 0.6) is 5.75 Å². The van der Waals surface area contributed by atoms with E-state index in [2.05, 4.69) is 59.7 Å². The molecule has 4 atom stereocenters. The summed E-state index contributed by atoms with van der Waals surface area (Å²) in [4.78, 5) is 38.5. The van der Waals surface area contributed by atoms with Gasteiger partial charge in [-0.25, -0.2) is 9.00 Å². The average Bonchev–Trinajstić information content (AvgIpc) is 2.73. The van der Waals surface area contributed by atoms with E-state index in [0.29, 0.717) is 0 Å². The van der Waals surface area contributed by atoms with Gasteiger partial charge in [0.25, 0.3) is 5.91 Å². The van der Waals surface area contributed by atoms with Crippen molar-refractivity contribution in [2.45, 2.75) is 32.7 Å². The lowest BCUT2D eigenvalue weighted by Crippen LogP contribution is -2.75. The van der Waals surface area contributed by atoms with Gasteiger partial charge in [-0.1, -0.05) is 54.4 Å². The minimum absolute atomic E-state index is 0.0151. The molecule has 1 saturated heterocycles. The van der Waals surface area contributed by atoms with Gasteiger partial charge in [0.15, 0.2) is 20.2 Å². The van der Waals surface area contributed by atoms with Gasteiger partial charge in [-0.2, -0.15) is 13.2 Å². The quantitative estimate of drug-likeness (QED) is 0.136. The monoisotopic (exact) mass is 730 g/mol. The van der Waals surface area contributed by atoms with Gasteiger partial charge in [-0.3, -0.25) is 9.59 Å². The fourth-order valence-electron chi connectivity index (χ4n) is 2.98. The third-order valence-corrected chi connectivity index (χ3v) is 6.60. The number of hydrogen-bond donors (Lipinski definition) is 1. The van der Waals surface area contributed by atoms with Crippen molar-refractivity contribution >= 4 is 86.3 Å². The number of amides is 2. The van der Waals surface area contributed by atoms with Crippen LogP contribution in [-0.2, 0) is 35.3 Å². The maximum Gasteiger partial charge on any atom is 0.416 e. The van der Waals surface area contributed by atoms with E-state index < -0.39 is 65.7 Å². The smallest absolute Gasteiger partial charge is 0.416 e. The van der Waals surface area contributed by atoms with Crippen molar-refractivity contribution in [2.24, 2.45) is 0 Å². The molecular formula is C19H17Br3ClF3N2O6S. The van der Waals surface area contributed by atoms with Crippen molar-refractivity contribution in [3.05, 3.63) is 42.0 Å². The Hall–Kier alpha value is -1.16. The van der Waals surface area contributed by atoms with Crippen LogP contribution in [0.1, 0.15) is 12.5 Å². The molecule has 4 unspecified atom stereocenters. The Morgan fingerprint density at radius 3 is 2.29 bits per heavy atom. The minimum Gasteiger partial charge on any atom is -0.484 e. The Morgan fingerprint density at radius 2 is 1.83 bits per heavy atom. The Balaban J connectivity index is 2.04. The molecule has 2 amide bonds. The Labute approximate surface area is 230 Å². The second kappa shape index (κ2) is 11.9. The summed E-state index contributed by atoms with van der Waals surface area (Å²) in [6, 6.07) is 0.987. The number of hydrogen-bond acceptors (Lipinski definition) is 6. The number of rotatable bonds is 9. The highest BCUT2D eigenvalue weighted by Gasteiger charge is 2.56. The number of carbonyl (C=O) groups is 3. The minimum atomic E-state index is -4.52. The molecule has 0 saturated carbocycles. The molecule has 0 spiro atoms. The van der Waals surface area contributed by atoms with Gasteiger partial charge in [-0.15, -0.1) is 0 Å². The summed E-state index contributed by atoms with van der Waals surface area (Å²) in [6.07, 6.45) is -4.52. The van der Waals surface area contributed by atoms with Crippen LogP contribution in [-0.4, -0.2) is 59.7 Å². The predicted molar refractivity (Wildman–Crippen MR) is 133 cm³/mol. The van der Waals surface area contributed by atoms with E-state index in [1.807, 2.05) is 0 Å². The van der Waals surface area contributed by atoms with E-state index in [0.717, 1.165) is 29.2 Å². The summed E-state index contributed by atoms with van der Waals surface area (Å²) in [5, 5.41) is 1.02. The van der Waals surface area contributed by atoms with Crippen LogP contribution in [0, 0.1) is 0 Å². The van der Waals surface area contributed by atoms with Crippen molar-refractivity contribution in [1.82, 2.24) is 10.2 Å². The second-order valence-electron chi connectivity index (χ2n) is 7.21. The largest absolute Gasteiger partial charge is 0.484 e. The van der Waals surface area contributed by atoms with Crippen LogP contribution in [0.25, 0.3) is 0 Å². The van der Waals surface area contributed by atoms with Crippen LogP contribution in [0.4, 0.5) is 13.2 Å². The summed E-state index contributed by atoms with van der Waals surface area (Å²) >= 11 is 9.49. The van der Waals surface area contributed by atoms with Crippen molar-refractivity contribution in [2.75, 3.05) is 13.2 Å². The van der Waals surface area contributed by atoms with E-state index >= 15 is 0 Å². The third kappa shape index (κ3) is 8.17. The number of carbonyl (C=O) groups excluding carboxylic acids is 3. The average molecular weight is 734 g/mol. The molecule has 1 aromatic rings. The van der Waals surface area contributed by atoms with Gasteiger partial charge in [0, 0.05) is 0 Å². The molecular weight excluding hydrogens is 716 g/mol. The lowest BCUT2D eigenvalue weighted by atomic mass is 9.99. The number of benzene rings is 1. The van der Waals surface area contributed by atoms with E-state index in [9.17, 15) is 31.8 Å². The van der Waals surface area contributed by atoms with Gasteiger partial charge in [0.05, 0.1) is 5.56 Å². The molecule has 1 aliphatic heterocycles. The normalized spacial score (nSPS) is 19.9.